The van der Waals surface area contributed by atoms with Crippen molar-refractivity contribution >= 4 is 34.2 Å². The molecule has 44 heavy (non-hydrogen) atoms. The van der Waals surface area contributed by atoms with Crippen molar-refractivity contribution in [2.24, 2.45) is 17.0 Å². The summed E-state index contributed by atoms with van der Waals surface area (Å²) in [5.41, 5.74) is 7.63. The molecule has 6 rings (SSSR count). The van der Waals surface area contributed by atoms with Crippen molar-refractivity contribution in [1.82, 2.24) is 24.1 Å². The van der Waals surface area contributed by atoms with Gasteiger partial charge in [-0.25, -0.2) is 28.4 Å². The van der Waals surface area contributed by atoms with Gasteiger partial charge in [-0.05, 0) is 61.6 Å². The summed E-state index contributed by atoms with van der Waals surface area (Å²) in [5.74, 6) is 4.78. The predicted molar refractivity (Wildman–Crippen MR) is 156 cm³/mol. The number of ether oxygens (including phenoxy) is 1. The van der Waals surface area contributed by atoms with Crippen LogP contribution < -0.4 is 11.6 Å². The molecule has 2 aliphatic carbocycles. The first-order valence-corrected chi connectivity index (χ1v) is 15.6. The first-order chi connectivity index (χ1) is 20.9. The van der Waals surface area contributed by atoms with E-state index in [0.29, 0.717) is 60.5 Å². The van der Waals surface area contributed by atoms with Crippen LogP contribution in [0.1, 0.15) is 45.2 Å². The minimum Gasteiger partial charge on any atom is -0.389 e. The third kappa shape index (κ3) is 5.49. The van der Waals surface area contributed by atoms with E-state index in [9.17, 15) is 26.6 Å². The molecule has 2 fully saturated rings. The normalized spacial score (nSPS) is 23.0. The van der Waals surface area contributed by atoms with Crippen LogP contribution in [0.5, 0.6) is 0 Å². The van der Waals surface area contributed by atoms with Crippen LogP contribution in [0.3, 0.4) is 0 Å². The molecule has 3 atom stereocenters. The topological polar surface area (TPSA) is 133 Å². The summed E-state index contributed by atoms with van der Waals surface area (Å²) in [5, 5.41) is 5.46. The second-order valence-electron chi connectivity index (χ2n) is 11.1. The van der Waals surface area contributed by atoms with E-state index in [4.69, 9.17) is 16.3 Å². The molecule has 3 heterocycles. The zero-order valence-electron chi connectivity index (χ0n) is 23.5. The van der Waals surface area contributed by atoms with Crippen LogP contribution >= 0.6 is 11.3 Å². The predicted octanol–water partition coefficient (Wildman–Crippen LogP) is 3.78. The Labute approximate surface area is 256 Å². The van der Waals surface area contributed by atoms with Crippen LogP contribution in [0.2, 0.25) is 0 Å². The number of carbonyl (C=O) groups excluding carboxylic acids is 1. The third-order valence-electron chi connectivity index (χ3n) is 8.18. The SMILES string of the molecule is CN(N)/C=C(\N)S(=O)N(C1COC1)C1CCC2=Cc3c(cnn3-c3ccc(F)cc3)CC2(C(=O)c2ncc(C(F)(F)F)s2)C1. The Morgan fingerprint density at radius 2 is 1.95 bits per heavy atom. The fourth-order valence-corrected chi connectivity index (χ4v) is 8.28. The van der Waals surface area contributed by atoms with E-state index >= 15 is 0 Å². The lowest BCUT2D eigenvalue weighted by Crippen LogP contribution is -2.58. The summed E-state index contributed by atoms with van der Waals surface area (Å²) in [6, 6.07) is 5.14. The van der Waals surface area contributed by atoms with Gasteiger partial charge in [0.15, 0.2) is 5.01 Å². The smallest absolute Gasteiger partial charge is 0.389 e. The number of carbonyl (C=O) groups is 1. The molecule has 1 aliphatic heterocycles. The number of hydrogen-bond acceptors (Lipinski definition) is 9. The maximum Gasteiger partial charge on any atom is 0.427 e. The first-order valence-electron chi connectivity index (χ1n) is 13.7. The number of ketones is 1. The first kappa shape index (κ1) is 30.6. The van der Waals surface area contributed by atoms with Crippen molar-refractivity contribution in [3.8, 4) is 5.69 Å². The Morgan fingerprint density at radius 1 is 1.23 bits per heavy atom. The molecular formula is C28H29F4N7O3S2. The second kappa shape index (κ2) is 11.5. The number of benzene rings is 1. The zero-order valence-corrected chi connectivity index (χ0v) is 25.1. The van der Waals surface area contributed by atoms with Gasteiger partial charge in [0.05, 0.1) is 48.4 Å². The van der Waals surface area contributed by atoms with Crippen LogP contribution in [-0.4, -0.2) is 66.4 Å². The number of hydrazine groups is 1. The van der Waals surface area contributed by atoms with E-state index in [0.717, 1.165) is 5.57 Å². The average Bonchev–Trinajstić information content (AvgIpc) is 3.60. The Bertz CT molecular complexity index is 1660. The van der Waals surface area contributed by atoms with Crippen LogP contribution in [0.25, 0.3) is 11.8 Å². The quantitative estimate of drug-likeness (QED) is 0.163. The molecule has 0 bridgehead atoms. The Morgan fingerprint density at radius 3 is 2.57 bits per heavy atom. The van der Waals surface area contributed by atoms with Gasteiger partial charge in [0.1, 0.15) is 26.7 Å². The van der Waals surface area contributed by atoms with E-state index < -0.39 is 45.1 Å². The highest BCUT2D eigenvalue weighted by Gasteiger charge is 2.53. The van der Waals surface area contributed by atoms with Crippen molar-refractivity contribution in [3.05, 3.63) is 80.4 Å². The molecule has 3 aliphatic rings. The standard InChI is InChI=1S/C28H29F4N7O3S2/c1-37(34)13-24(33)44(41)39(21-14-42-15-21)20-5-2-17-8-22-16(11-36-38(22)19-6-3-18(29)4-7-19)9-27(17,10-20)25(40)26-35-12-23(43-26)28(30,31)32/h3-4,6-8,11-13,20-21H,2,5,9-10,14-15,33-34H2,1H3/b24-13+. The third-order valence-corrected chi connectivity index (χ3v) is 10.7. The fourth-order valence-electron chi connectivity index (χ4n) is 6.11. The van der Waals surface area contributed by atoms with Gasteiger partial charge in [-0.3, -0.25) is 4.79 Å². The molecule has 16 heteroatoms. The minimum absolute atomic E-state index is 0.0184. The monoisotopic (exact) mass is 651 g/mol. The van der Waals surface area contributed by atoms with Gasteiger partial charge in [0.2, 0.25) is 5.78 Å². The Hall–Kier alpha value is -3.44. The van der Waals surface area contributed by atoms with Crippen LogP contribution in [-0.2, 0) is 28.3 Å². The van der Waals surface area contributed by atoms with Crippen LogP contribution in [0.4, 0.5) is 17.6 Å². The zero-order chi connectivity index (χ0) is 31.4. The molecule has 3 aromatic rings. The maximum atomic E-state index is 14.4. The molecule has 234 valence electrons. The molecule has 0 spiro atoms. The minimum atomic E-state index is -4.64. The van der Waals surface area contributed by atoms with Crippen molar-refractivity contribution in [2.45, 2.75) is 43.9 Å². The van der Waals surface area contributed by atoms with Crippen LogP contribution in [0.15, 0.2) is 53.5 Å². The number of Topliss-reactive ketones (excluding diaryl/α,β-unsaturated/α-hetero) is 1. The number of allylic oxidation sites excluding steroid dienone is 1. The van der Waals surface area contributed by atoms with Crippen LogP contribution in [0, 0.1) is 11.2 Å². The highest BCUT2D eigenvalue weighted by Crippen LogP contribution is 2.52. The molecule has 1 saturated heterocycles. The van der Waals surface area contributed by atoms with E-state index in [1.54, 1.807) is 34.4 Å². The lowest BCUT2D eigenvalue weighted by atomic mass is 9.61. The number of alkyl halides is 3. The molecule has 0 amide bonds. The Balaban J connectivity index is 1.42. The lowest BCUT2D eigenvalue weighted by Gasteiger charge is -2.49. The lowest BCUT2D eigenvalue weighted by molar-refractivity contribution is -0.134. The molecule has 0 radical (unpaired) electrons. The number of rotatable bonds is 8. The summed E-state index contributed by atoms with van der Waals surface area (Å²) < 4.78 is 76.7. The van der Waals surface area contributed by atoms with Crippen molar-refractivity contribution < 1.29 is 31.3 Å². The summed E-state index contributed by atoms with van der Waals surface area (Å²) in [6.45, 7) is 0.626. The molecule has 1 saturated carbocycles. The van der Waals surface area contributed by atoms with Gasteiger partial charge in [-0.1, -0.05) is 5.57 Å². The number of halogens is 4. The van der Waals surface area contributed by atoms with Gasteiger partial charge in [0, 0.05) is 19.3 Å². The van der Waals surface area contributed by atoms with E-state index in [1.807, 2.05) is 6.08 Å². The van der Waals surface area contributed by atoms with Gasteiger partial charge < -0.3 is 15.5 Å². The summed E-state index contributed by atoms with van der Waals surface area (Å²) in [6.07, 6.45) is 2.05. The summed E-state index contributed by atoms with van der Waals surface area (Å²) >= 11 is 0.315. The average molecular weight is 652 g/mol. The largest absolute Gasteiger partial charge is 0.427 e. The van der Waals surface area contributed by atoms with Gasteiger partial charge in [0.25, 0.3) is 0 Å². The number of nitrogens with zero attached hydrogens (tertiary/aromatic N) is 5. The van der Waals surface area contributed by atoms with Crippen molar-refractivity contribution in [1.29, 1.82) is 0 Å². The molecule has 2 aromatic heterocycles. The van der Waals surface area contributed by atoms with Crippen molar-refractivity contribution in [2.75, 3.05) is 20.3 Å². The maximum absolute atomic E-state index is 14.4. The van der Waals surface area contributed by atoms with Gasteiger partial charge in [-0.15, -0.1) is 11.3 Å². The molecule has 10 nitrogen and oxygen atoms in total. The van der Waals surface area contributed by atoms with Crippen molar-refractivity contribution in [3.63, 3.8) is 0 Å². The van der Waals surface area contributed by atoms with E-state index in [1.165, 1.54) is 23.3 Å². The molecule has 4 N–H and O–H groups in total. The number of hydrogen-bond donors (Lipinski definition) is 2. The highest BCUT2D eigenvalue weighted by molar-refractivity contribution is 7.86. The fraction of sp³-hybridized carbons (Fsp3) is 0.393. The summed E-state index contributed by atoms with van der Waals surface area (Å²) in [7, 11) is -0.289. The number of nitrogens with two attached hydrogens (primary N) is 2. The number of aromatic nitrogens is 3. The second-order valence-corrected chi connectivity index (χ2v) is 13.5. The molecular weight excluding hydrogens is 622 g/mol. The molecule has 1 aromatic carbocycles. The van der Waals surface area contributed by atoms with E-state index in [2.05, 4.69) is 10.1 Å². The summed E-state index contributed by atoms with van der Waals surface area (Å²) in [4.78, 5) is 17.3. The number of thiazole rings is 1. The van der Waals surface area contributed by atoms with Gasteiger partial charge in [-0.2, -0.15) is 18.3 Å². The highest BCUT2D eigenvalue weighted by atomic mass is 32.2. The Kier molecular flexibility index (Phi) is 7.98. The van der Waals surface area contributed by atoms with Gasteiger partial charge >= 0.3 is 6.18 Å². The molecule has 3 unspecified atom stereocenters. The number of fused-ring (bicyclic) bond motifs is 2. The van der Waals surface area contributed by atoms with E-state index in [-0.39, 0.29) is 28.9 Å².